The van der Waals surface area contributed by atoms with Gasteiger partial charge in [0.2, 0.25) is 11.8 Å². The van der Waals surface area contributed by atoms with E-state index in [0.29, 0.717) is 24.9 Å². The van der Waals surface area contributed by atoms with Crippen LogP contribution in [-0.2, 0) is 0 Å². The van der Waals surface area contributed by atoms with Crippen molar-refractivity contribution in [2.45, 2.75) is 13.0 Å². The van der Waals surface area contributed by atoms with Crippen molar-refractivity contribution < 1.29 is 4.92 Å². The molecule has 0 saturated carbocycles. The van der Waals surface area contributed by atoms with Gasteiger partial charge in [-0.25, -0.2) is 4.98 Å². The van der Waals surface area contributed by atoms with Gasteiger partial charge in [0.25, 0.3) is 0 Å². The summed E-state index contributed by atoms with van der Waals surface area (Å²) < 4.78 is 0. The van der Waals surface area contributed by atoms with E-state index in [1.165, 1.54) is 6.20 Å². The smallest absolute Gasteiger partial charge is 0.329 e. The third-order valence-electron chi connectivity index (χ3n) is 3.22. The molecule has 1 aliphatic heterocycles. The quantitative estimate of drug-likeness (QED) is 0.588. The van der Waals surface area contributed by atoms with Gasteiger partial charge in [-0.2, -0.15) is 4.98 Å². The lowest BCUT2D eigenvalue weighted by Crippen LogP contribution is -2.50. The molecule has 2 heterocycles. The van der Waals surface area contributed by atoms with E-state index >= 15 is 0 Å². The van der Waals surface area contributed by atoms with Crippen molar-refractivity contribution in [3.63, 3.8) is 0 Å². The van der Waals surface area contributed by atoms with E-state index in [9.17, 15) is 10.1 Å². The maximum Gasteiger partial charge on any atom is 0.329 e. The number of piperazine rings is 1. The van der Waals surface area contributed by atoms with Crippen LogP contribution in [0.4, 0.5) is 17.5 Å². The van der Waals surface area contributed by atoms with Gasteiger partial charge < -0.3 is 15.5 Å². The zero-order chi connectivity index (χ0) is 13.3. The zero-order valence-electron chi connectivity index (χ0n) is 10.4. The van der Waals surface area contributed by atoms with E-state index in [2.05, 4.69) is 21.8 Å². The highest BCUT2D eigenvalue weighted by molar-refractivity contribution is 5.58. The van der Waals surface area contributed by atoms with Crippen LogP contribution < -0.4 is 10.6 Å². The molecule has 0 amide bonds. The molecule has 1 fully saturated rings. The first kappa shape index (κ1) is 12.5. The summed E-state index contributed by atoms with van der Waals surface area (Å²) in [6.07, 6.45) is 1.17. The molecule has 0 radical (unpaired) electrons. The molecule has 0 bridgehead atoms. The van der Waals surface area contributed by atoms with Crippen molar-refractivity contribution in [2.75, 3.05) is 37.3 Å². The first-order valence-electron chi connectivity index (χ1n) is 5.71. The molecule has 1 saturated heterocycles. The molecule has 1 aliphatic rings. The number of aromatic nitrogens is 2. The highest BCUT2D eigenvalue weighted by Gasteiger charge is 2.27. The van der Waals surface area contributed by atoms with Crippen LogP contribution in [0.1, 0.15) is 6.92 Å². The third kappa shape index (κ3) is 2.33. The predicted molar refractivity (Wildman–Crippen MR) is 67.4 cm³/mol. The normalized spacial score (nSPS) is 21.0. The molecular formula is C10H16N6O2. The predicted octanol–water partition coefficient (Wildman–Crippen LogP) is 0.107. The lowest BCUT2D eigenvalue weighted by atomic mass is 10.2. The molecule has 18 heavy (non-hydrogen) atoms. The van der Waals surface area contributed by atoms with E-state index in [0.717, 1.165) is 6.54 Å². The molecule has 98 valence electrons. The van der Waals surface area contributed by atoms with Crippen LogP contribution in [-0.4, -0.2) is 52.5 Å². The number of nitrogens with two attached hydrogens (primary N) is 1. The second-order valence-electron chi connectivity index (χ2n) is 4.47. The number of hydrogen-bond acceptors (Lipinski definition) is 7. The average Bonchev–Trinajstić information content (AvgIpc) is 2.32. The Labute approximate surface area is 105 Å². The van der Waals surface area contributed by atoms with Crippen molar-refractivity contribution in [2.24, 2.45) is 0 Å². The van der Waals surface area contributed by atoms with Gasteiger partial charge >= 0.3 is 5.69 Å². The van der Waals surface area contributed by atoms with Gasteiger partial charge in [-0.15, -0.1) is 0 Å². The van der Waals surface area contributed by atoms with Crippen LogP contribution in [0.25, 0.3) is 0 Å². The minimum atomic E-state index is -0.474. The fraction of sp³-hybridized carbons (Fsp3) is 0.600. The third-order valence-corrected chi connectivity index (χ3v) is 3.22. The van der Waals surface area contributed by atoms with E-state index in [1.54, 1.807) is 0 Å². The van der Waals surface area contributed by atoms with E-state index in [1.807, 2.05) is 11.9 Å². The SMILES string of the molecule is CC1CN(c2nc(N)ncc2[N+](=O)[O-])CCN1C. The maximum absolute atomic E-state index is 11.0. The Bertz CT molecular complexity index is 466. The molecule has 1 unspecified atom stereocenters. The minimum Gasteiger partial charge on any atom is -0.368 e. The van der Waals surface area contributed by atoms with Crippen molar-refractivity contribution >= 4 is 17.5 Å². The average molecular weight is 252 g/mol. The van der Waals surface area contributed by atoms with E-state index in [-0.39, 0.29) is 11.6 Å². The summed E-state index contributed by atoms with van der Waals surface area (Å²) in [6, 6.07) is 0.314. The number of anilines is 2. The summed E-state index contributed by atoms with van der Waals surface area (Å²) in [5.74, 6) is 0.370. The number of rotatable bonds is 2. The topological polar surface area (TPSA) is 101 Å². The number of likely N-dealkylation sites (N-methyl/N-ethyl adjacent to an activating group) is 1. The second kappa shape index (κ2) is 4.73. The molecule has 2 rings (SSSR count). The molecule has 8 nitrogen and oxygen atoms in total. The fourth-order valence-corrected chi connectivity index (χ4v) is 1.98. The Morgan fingerprint density at radius 2 is 2.28 bits per heavy atom. The molecule has 2 N–H and O–H groups in total. The van der Waals surface area contributed by atoms with E-state index < -0.39 is 4.92 Å². The number of nitro groups is 1. The van der Waals surface area contributed by atoms with Gasteiger partial charge in [0.05, 0.1) is 4.92 Å². The molecule has 0 aromatic carbocycles. The summed E-state index contributed by atoms with van der Waals surface area (Å²) in [7, 11) is 2.03. The fourth-order valence-electron chi connectivity index (χ4n) is 1.98. The van der Waals surface area contributed by atoms with Gasteiger partial charge in [-0.1, -0.05) is 0 Å². The standard InChI is InChI=1S/C10H16N6O2/c1-7-6-15(4-3-14(7)2)9-8(16(17)18)5-12-10(11)13-9/h5,7H,3-4,6H2,1-2H3,(H2,11,12,13). The molecule has 1 aromatic heterocycles. The Hall–Kier alpha value is -1.96. The highest BCUT2D eigenvalue weighted by Crippen LogP contribution is 2.27. The highest BCUT2D eigenvalue weighted by atomic mass is 16.6. The molecule has 0 aliphatic carbocycles. The summed E-state index contributed by atoms with van der Waals surface area (Å²) in [6.45, 7) is 4.29. The van der Waals surface area contributed by atoms with Crippen LogP contribution in [0.3, 0.4) is 0 Å². The molecule has 0 spiro atoms. The Morgan fingerprint density at radius 1 is 1.56 bits per heavy atom. The zero-order valence-corrected chi connectivity index (χ0v) is 10.4. The van der Waals surface area contributed by atoms with Crippen molar-refractivity contribution in [3.8, 4) is 0 Å². The molecule has 8 heteroatoms. The van der Waals surface area contributed by atoms with Crippen LogP contribution in [0.15, 0.2) is 6.20 Å². The first-order valence-corrected chi connectivity index (χ1v) is 5.71. The first-order chi connectivity index (χ1) is 8.49. The van der Waals surface area contributed by atoms with Gasteiger partial charge in [0, 0.05) is 25.7 Å². The lowest BCUT2D eigenvalue weighted by Gasteiger charge is -2.37. The Kier molecular flexibility index (Phi) is 3.28. The number of nitrogens with zero attached hydrogens (tertiary/aromatic N) is 5. The van der Waals surface area contributed by atoms with Gasteiger partial charge in [0.1, 0.15) is 6.20 Å². The summed E-state index contributed by atoms with van der Waals surface area (Å²) in [5.41, 5.74) is 5.42. The summed E-state index contributed by atoms with van der Waals surface area (Å²) in [5, 5.41) is 11.0. The summed E-state index contributed by atoms with van der Waals surface area (Å²) >= 11 is 0. The number of hydrogen-bond donors (Lipinski definition) is 1. The van der Waals surface area contributed by atoms with Crippen LogP contribution in [0.2, 0.25) is 0 Å². The largest absolute Gasteiger partial charge is 0.368 e. The van der Waals surface area contributed by atoms with Crippen LogP contribution in [0, 0.1) is 10.1 Å². The second-order valence-corrected chi connectivity index (χ2v) is 4.47. The van der Waals surface area contributed by atoms with Gasteiger partial charge in [-0.3, -0.25) is 10.1 Å². The monoisotopic (exact) mass is 252 g/mol. The lowest BCUT2D eigenvalue weighted by molar-refractivity contribution is -0.384. The van der Waals surface area contributed by atoms with Gasteiger partial charge in [0.15, 0.2) is 0 Å². The molecule has 1 atom stereocenters. The van der Waals surface area contributed by atoms with Crippen LogP contribution in [0.5, 0.6) is 0 Å². The van der Waals surface area contributed by atoms with Crippen molar-refractivity contribution in [1.29, 1.82) is 0 Å². The van der Waals surface area contributed by atoms with Gasteiger partial charge in [-0.05, 0) is 14.0 Å². The number of nitrogen functional groups attached to an aromatic ring is 1. The minimum absolute atomic E-state index is 0.0576. The van der Waals surface area contributed by atoms with E-state index in [4.69, 9.17) is 5.73 Å². The summed E-state index contributed by atoms with van der Waals surface area (Å²) in [4.78, 5) is 22.3. The van der Waals surface area contributed by atoms with Crippen LogP contribution >= 0.6 is 0 Å². The Balaban J connectivity index is 2.32. The maximum atomic E-state index is 11.0. The van der Waals surface area contributed by atoms with Crippen molar-refractivity contribution in [1.82, 2.24) is 14.9 Å². The Morgan fingerprint density at radius 3 is 2.89 bits per heavy atom. The molecule has 1 aromatic rings. The molecular weight excluding hydrogens is 236 g/mol. The van der Waals surface area contributed by atoms with Crippen molar-refractivity contribution in [3.05, 3.63) is 16.3 Å².